The Balaban J connectivity index is 2.03. The van der Waals surface area contributed by atoms with Crippen LogP contribution in [0.3, 0.4) is 0 Å². The van der Waals surface area contributed by atoms with E-state index in [0.29, 0.717) is 52.8 Å². The van der Waals surface area contributed by atoms with Crippen molar-refractivity contribution < 1.29 is 28.5 Å². The molecule has 0 aliphatic carbocycles. The Morgan fingerprint density at radius 2 is 1.58 bits per heavy atom. The highest BCUT2D eigenvalue weighted by atomic mass is 16.6. The first-order valence-electron chi connectivity index (χ1n) is 8.95. The standard InChI is InChI=1S/C18H32N2O6/c1-4-7-20-9-8-19(5-2)18(20)26-17(21)6-10-23-13-14-25-16-15-24-12-11-22-3/h4,8-9,18H,1,5-7,10-16H2,2-3H3. The Morgan fingerprint density at radius 1 is 1.00 bits per heavy atom. The molecule has 1 aliphatic rings. The number of nitrogens with zero attached hydrogens (tertiary/aromatic N) is 2. The van der Waals surface area contributed by atoms with Crippen LogP contribution in [0.4, 0.5) is 0 Å². The summed E-state index contributed by atoms with van der Waals surface area (Å²) in [5.41, 5.74) is 0. The molecule has 0 aromatic carbocycles. The Hall–Kier alpha value is -1.61. The number of ether oxygens (including phenoxy) is 5. The molecular weight excluding hydrogens is 340 g/mol. The largest absolute Gasteiger partial charge is 0.422 e. The molecule has 1 atom stereocenters. The average Bonchev–Trinajstić information content (AvgIpc) is 3.01. The van der Waals surface area contributed by atoms with E-state index in [1.807, 2.05) is 29.1 Å². The van der Waals surface area contributed by atoms with Gasteiger partial charge >= 0.3 is 5.97 Å². The third kappa shape index (κ3) is 9.19. The molecule has 1 heterocycles. The van der Waals surface area contributed by atoms with Gasteiger partial charge in [-0.15, -0.1) is 6.58 Å². The maximum atomic E-state index is 12.0. The van der Waals surface area contributed by atoms with E-state index >= 15 is 0 Å². The Bertz CT molecular complexity index is 418. The van der Waals surface area contributed by atoms with Gasteiger partial charge in [0.25, 0.3) is 6.35 Å². The van der Waals surface area contributed by atoms with Crippen LogP contribution in [0.1, 0.15) is 13.3 Å². The second-order valence-electron chi connectivity index (χ2n) is 5.51. The van der Waals surface area contributed by atoms with E-state index in [1.165, 1.54) is 0 Å². The summed E-state index contributed by atoms with van der Waals surface area (Å²) in [5.74, 6) is -0.293. The predicted molar refractivity (Wildman–Crippen MR) is 97.3 cm³/mol. The van der Waals surface area contributed by atoms with Gasteiger partial charge in [0.1, 0.15) is 0 Å². The zero-order chi connectivity index (χ0) is 19.0. The minimum Gasteiger partial charge on any atom is -0.422 e. The fraction of sp³-hybridized carbons (Fsp3) is 0.722. The lowest BCUT2D eigenvalue weighted by molar-refractivity contribution is -0.168. The Labute approximate surface area is 156 Å². The van der Waals surface area contributed by atoms with Crippen LogP contribution in [0.15, 0.2) is 25.1 Å². The van der Waals surface area contributed by atoms with Crippen LogP contribution in [0.25, 0.3) is 0 Å². The summed E-state index contributed by atoms with van der Waals surface area (Å²) in [7, 11) is 1.63. The van der Waals surface area contributed by atoms with Gasteiger partial charge in [0, 0.05) is 32.6 Å². The molecule has 1 rings (SSSR count). The topological polar surface area (TPSA) is 69.7 Å². The number of hydrogen-bond acceptors (Lipinski definition) is 8. The summed E-state index contributed by atoms with van der Waals surface area (Å²) in [6.07, 6.45) is 5.38. The summed E-state index contributed by atoms with van der Waals surface area (Å²) in [5, 5.41) is 0. The van der Waals surface area contributed by atoms with Gasteiger partial charge in [-0.3, -0.25) is 4.79 Å². The lowest BCUT2D eigenvalue weighted by Gasteiger charge is -2.30. The van der Waals surface area contributed by atoms with Crippen molar-refractivity contribution in [2.24, 2.45) is 0 Å². The smallest absolute Gasteiger partial charge is 0.311 e. The zero-order valence-corrected chi connectivity index (χ0v) is 15.9. The molecule has 0 amide bonds. The fourth-order valence-corrected chi connectivity index (χ4v) is 2.22. The summed E-state index contributed by atoms with van der Waals surface area (Å²) in [4.78, 5) is 15.9. The molecule has 0 spiro atoms. The third-order valence-electron chi connectivity index (χ3n) is 3.59. The monoisotopic (exact) mass is 372 g/mol. The van der Waals surface area contributed by atoms with Crippen LogP contribution in [0.2, 0.25) is 0 Å². The van der Waals surface area contributed by atoms with E-state index in [2.05, 4.69) is 6.58 Å². The predicted octanol–water partition coefficient (Wildman–Crippen LogP) is 1.19. The van der Waals surface area contributed by atoms with Crippen molar-refractivity contribution in [2.75, 3.05) is 66.4 Å². The molecule has 0 N–H and O–H groups in total. The van der Waals surface area contributed by atoms with E-state index < -0.39 is 6.35 Å². The van der Waals surface area contributed by atoms with Crippen molar-refractivity contribution in [3.05, 3.63) is 25.1 Å². The number of rotatable bonds is 16. The van der Waals surface area contributed by atoms with Gasteiger partial charge in [-0.1, -0.05) is 6.08 Å². The van der Waals surface area contributed by atoms with Gasteiger partial charge in [0.05, 0.1) is 52.7 Å². The molecule has 0 saturated carbocycles. The molecule has 150 valence electrons. The third-order valence-corrected chi connectivity index (χ3v) is 3.59. The first kappa shape index (κ1) is 22.4. The van der Waals surface area contributed by atoms with Crippen LogP contribution < -0.4 is 0 Å². The molecule has 0 saturated heterocycles. The highest BCUT2D eigenvalue weighted by molar-refractivity contribution is 5.69. The van der Waals surface area contributed by atoms with Crippen LogP contribution in [-0.4, -0.2) is 88.6 Å². The highest BCUT2D eigenvalue weighted by Crippen LogP contribution is 2.17. The molecule has 1 aliphatic heterocycles. The van der Waals surface area contributed by atoms with Crippen molar-refractivity contribution in [1.82, 2.24) is 9.80 Å². The minimum absolute atomic E-state index is 0.204. The van der Waals surface area contributed by atoms with Gasteiger partial charge in [-0.2, -0.15) is 0 Å². The van der Waals surface area contributed by atoms with Gasteiger partial charge in [-0.25, -0.2) is 0 Å². The normalized spacial score (nSPS) is 16.3. The average molecular weight is 372 g/mol. The minimum atomic E-state index is -0.410. The Kier molecular flexibility index (Phi) is 12.6. The van der Waals surface area contributed by atoms with Gasteiger partial charge in [0.15, 0.2) is 0 Å². The number of carbonyl (C=O) groups is 1. The van der Waals surface area contributed by atoms with Crippen LogP contribution >= 0.6 is 0 Å². The van der Waals surface area contributed by atoms with E-state index in [-0.39, 0.29) is 12.4 Å². The summed E-state index contributed by atoms with van der Waals surface area (Å²) < 4.78 is 26.4. The summed E-state index contributed by atoms with van der Waals surface area (Å²) in [6, 6.07) is 0. The van der Waals surface area contributed by atoms with E-state index in [0.717, 1.165) is 6.54 Å². The lowest BCUT2D eigenvalue weighted by atomic mass is 10.4. The molecule has 0 aromatic rings. The number of carbonyl (C=O) groups excluding carboxylic acids is 1. The second kappa shape index (κ2) is 14.5. The first-order chi connectivity index (χ1) is 12.7. The highest BCUT2D eigenvalue weighted by Gasteiger charge is 2.27. The van der Waals surface area contributed by atoms with Crippen LogP contribution in [0.5, 0.6) is 0 Å². The van der Waals surface area contributed by atoms with Crippen LogP contribution in [0, 0.1) is 0 Å². The molecule has 0 bridgehead atoms. The SMILES string of the molecule is C=CCN1C=CN(CC)C1OC(=O)CCOCCOCCOCCOC. The van der Waals surface area contributed by atoms with Crippen LogP contribution in [-0.2, 0) is 28.5 Å². The van der Waals surface area contributed by atoms with Gasteiger partial charge in [-0.05, 0) is 6.92 Å². The van der Waals surface area contributed by atoms with E-state index in [9.17, 15) is 4.79 Å². The second-order valence-corrected chi connectivity index (χ2v) is 5.51. The molecule has 0 radical (unpaired) electrons. The van der Waals surface area contributed by atoms with Gasteiger partial charge < -0.3 is 33.5 Å². The fourth-order valence-electron chi connectivity index (χ4n) is 2.22. The van der Waals surface area contributed by atoms with Crippen molar-refractivity contribution in [3.8, 4) is 0 Å². The zero-order valence-electron chi connectivity index (χ0n) is 15.9. The molecule has 1 unspecified atom stereocenters. The number of methoxy groups -OCH3 is 1. The molecule has 0 fully saturated rings. The molecular formula is C18H32N2O6. The maximum absolute atomic E-state index is 12.0. The van der Waals surface area contributed by atoms with Crippen molar-refractivity contribution in [3.63, 3.8) is 0 Å². The van der Waals surface area contributed by atoms with Crippen molar-refractivity contribution in [2.45, 2.75) is 19.7 Å². The summed E-state index contributed by atoms with van der Waals surface area (Å²) in [6.45, 7) is 10.5. The number of esters is 1. The molecule has 8 heteroatoms. The number of hydrogen-bond donors (Lipinski definition) is 0. The van der Waals surface area contributed by atoms with Crippen molar-refractivity contribution in [1.29, 1.82) is 0 Å². The lowest BCUT2D eigenvalue weighted by Crippen LogP contribution is -2.42. The molecule has 26 heavy (non-hydrogen) atoms. The van der Waals surface area contributed by atoms with Crippen molar-refractivity contribution >= 4 is 5.97 Å². The summed E-state index contributed by atoms with van der Waals surface area (Å²) >= 11 is 0. The quantitative estimate of drug-likeness (QED) is 0.227. The van der Waals surface area contributed by atoms with Gasteiger partial charge in [0.2, 0.25) is 0 Å². The van der Waals surface area contributed by atoms with E-state index in [4.69, 9.17) is 23.7 Å². The molecule has 0 aromatic heterocycles. The molecule has 8 nitrogen and oxygen atoms in total. The van der Waals surface area contributed by atoms with E-state index in [1.54, 1.807) is 13.2 Å². The first-order valence-corrected chi connectivity index (χ1v) is 8.95. The maximum Gasteiger partial charge on any atom is 0.311 e. The Morgan fingerprint density at radius 3 is 2.15 bits per heavy atom.